The van der Waals surface area contributed by atoms with Gasteiger partial charge in [-0.05, 0) is 55.5 Å². The highest BCUT2D eigenvalue weighted by molar-refractivity contribution is 6.02. The van der Waals surface area contributed by atoms with Gasteiger partial charge in [0, 0.05) is 66.3 Å². The first-order valence-corrected chi connectivity index (χ1v) is 17.4. The second kappa shape index (κ2) is 14.3. The van der Waals surface area contributed by atoms with Crippen LogP contribution < -0.4 is 30.7 Å². The number of piperidine rings is 1. The van der Waals surface area contributed by atoms with Crippen molar-refractivity contribution in [2.75, 3.05) is 73.9 Å². The molecular weight excluding hydrogens is 650 g/mol. The number of hydrogen-bond acceptors (Lipinski definition) is 11. The van der Waals surface area contributed by atoms with Crippen LogP contribution in [0.1, 0.15) is 41.7 Å². The third-order valence-corrected chi connectivity index (χ3v) is 9.94. The van der Waals surface area contributed by atoms with Gasteiger partial charge in [-0.1, -0.05) is 18.2 Å². The number of nitrogens with zero attached hydrogens (tertiary/aromatic N) is 8. The normalized spacial score (nSPS) is 18.0. The Morgan fingerprint density at radius 2 is 1.82 bits per heavy atom. The molecule has 1 aromatic carbocycles. The Kier molecular flexibility index (Phi) is 9.54. The monoisotopic (exact) mass is 693 g/mol. The lowest BCUT2D eigenvalue weighted by molar-refractivity contribution is -0.134. The number of para-hydroxylation sites is 1. The summed E-state index contributed by atoms with van der Waals surface area (Å²) in [4.78, 5) is 66.8. The molecule has 0 bridgehead atoms. The number of likely N-dealkylation sites (N-methyl/N-ethyl adjacent to an activating group) is 1. The fourth-order valence-corrected chi connectivity index (χ4v) is 6.88. The Balaban J connectivity index is 1.03. The maximum absolute atomic E-state index is 12.9. The van der Waals surface area contributed by atoms with Gasteiger partial charge in [-0.3, -0.25) is 29.4 Å². The number of benzene rings is 1. The van der Waals surface area contributed by atoms with Gasteiger partial charge in [-0.2, -0.15) is 5.10 Å². The molecule has 15 nitrogen and oxygen atoms in total. The Morgan fingerprint density at radius 3 is 2.55 bits per heavy atom. The lowest BCUT2D eigenvalue weighted by Gasteiger charge is -2.36. The van der Waals surface area contributed by atoms with Crippen LogP contribution in [0.4, 0.5) is 22.9 Å². The quantitative estimate of drug-likeness (QED) is 0.147. The molecule has 5 heterocycles. The summed E-state index contributed by atoms with van der Waals surface area (Å²) < 4.78 is 1.59. The molecule has 3 aliphatic rings. The molecule has 4 aromatic rings. The Bertz CT molecular complexity index is 1970. The first kappa shape index (κ1) is 33.9. The zero-order valence-electron chi connectivity index (χ0n) is 29.1. The lowest BCUT2D eigenvalue weighted by atomic mass is 10.0. The molecule has 1 aliphatic carbocycles. The Hall–Kier alpha value is -5.57. The Labute approximate surface area is 296 Å². The number of imidazole rings is 1. The van der Waals surface area contributed by atoms with E-state index < -0.39 is 6.04 Å². The van der Waals surface area contributed by atoms with Gasteiger partial charge in [0.2, 0.25) is 18.2 Å². The van der Waals surface area contributed by atoms with E-state index in [1.54, 1.807) is 22.7 Å². The van der Waals surface area contributed by atoms with Gasteiger partial charge >= 0.3 is 0 Å². The standard InChI is InChI=1S/C36H43N11O4/c1-37-27-20-26(42-47-30(21-38-34(27)47)36(51)39-24-10-11-24)25-7-5-9-31(40-25)46-18-16-45(17-19-46)15-14-23-6-4-8-28(33(23)43(2)22-48)44(3)29-12-13-32(49)41-35(29)50/h4-9,20-22,24,29,37H,10-19H2,1-3H3,(H,39,51)(H,41,49,50). The smallest absolute Gasteiger partial charge is 0.271 e. The molecule has 3 N–H and O–H groups in total. The van der Waals surface area contributed by atoms with Crippen molar-refractivity contribution in [3.8, 4) is 11.4 Å². The highest BCUT2D eigenvalue weighted by Crippen LogP contribution is 2.34. The van der Waals surface area contributed by atoms with E-state index in [0.29, 0.717) is 29.1 Å². The maximum atomic E-state index is 12.9. The number of piperazine rings is 1. The number of anilines is 4. The van der Waals surface area contributed by atoms with Crippen LogP contribution in [0.2, 0.25) is 0 Å². The molecule has 0 spiro atoms. The van der Waals surface area contributed by atoms with E-state index in [-0.39, 0.29) is 30.2 Å². The summed E-state index contributed by atoms with van der Waals surface area (Å²) in [7, 11) is 5.38. The van der Waals surface area contributed by atoms with Crippen molar-refractivity contribution >= 4 is 52.7 Å². The summed E-state index contributed by atoms with van der Waals surface area (Å²) in [5.74, 6) is 0.0913. The van der Waals surface area contributed by atoms with Crippen LogP contribution >= 0.6 is 0 Å². The zero-order valence-corrected chi connectivity index (χ0v) is 29.1. The third-order valence-electron chi connectivity index (χ3n) is 9.94. The molecule has 1 atom stereocenters. The lowest BCUT2D eigenvalue weighted by Crippen LogP contribution is -2.51. The van der Waals surface area contributed by atoms with E-state index in [4.69, 9.17) is 10.1 Å². The molecule has 4 amide bonds. The van der Waals surface area contributed by atoms with E-state index in [9.17, 15) is 19.2 Å². The number of nitrogens with one attached hydrogen (secondary N) is 3. The van der Waals surface area contributed by atoms with Crippen LogP contribution in [0.3, 0.4) is 0 Å². The molecule has 2 saturated heterocycles. The number of carbonyl (C=O) groups is 4. The Morgan fingerprint density at radius 1 is 1.04 bits per heavy atom. The summed E-state index contributed by atoms with van der Waals surface area (Å²) in [5, 5.41) is 13.4. The number of imide groups is 1. The minimum absolute atomic E-state index is 0.185. The predicted molar refractivity (Wildman–Crippen MR) is 194 cm³/mol. The topological polar surface area (TPSA) is 160 Å². The van der Waals surface area contributed by atoms with E-state index in [2.05, 4.69) is 30.7 Å². The van der Waals surface area contributed by atoms with Crippen molar-refractivity contribution in [2.24, 2.45) is 0 Å². The van der Waals surface area contributed by atoms with Crippen LogP contribution in [0, 0.1) is 0 Å². The average molecular weight is 694 g/mol. The first-order chi connectivity index (χ1) is 24.7. The number of amides is 4. The number of carbonyl (C=O) groups excluding carboxylic acids is 4. The van der Waals surface area contributed by atoms with Gasteiger partial charge in [0.25, 0.3) is 5.91 Å². The summed E-state index contributed by atoms with van der Waals surface area (Å²) in [6.45, 7) is 4.05. The molecule has 15 heteroatoms. The van der Waals surface area contributed by atoms with E-state index in [1.165, 1.54) is 0 Å². The van der Waals surface area contributed by atoms with Gasteiger partial charge in [-0.15, -0.1) is 0 Å². The van der Waals surface area contributed by atoms with Crippen molar-refractivity contribution in [1.29, 1.82) is 0 Å². The first-order valence-electron chi connectivity index (χ1n) is 17.4. The zero-order chi connectivity index (χ0) is 35.6. The molecule has 0 radical (unpaired) electrons. The highest BCUT2D eigenvalue weighted by atomic mass is 16.2. The second-order valence-corrected chi connectivity index (χ2v) is 13.4. The number of fused-ring (bicyclic) bond motifs is 1. The van der Waals surface area contributed by atoms with Gasteiger partial charge < -0.3 is 25.3 Å². The largest absolute Gasteiger partial charge is 0.385 e. The fourth-order valence-electron chi connectivity index (χ4n) is 6.88. The molecule has 7 rings (SSSR count). The minimum Gasteiger partial charge on any atom is -0.385 e. The van der Waals surface area contributed by atoms with Crippen LogP contribution in [0.15, 0.2) is 48.7 Å². The summed E-state index contributed by atoms with van der Waals surface area (Å²) in [5.41, 5.74) is 5.59. The van der Waals surface area contributed by atoms with E-state index >= 15 is 0 Å². The molecule has 3 fully saturated rings. The number of hydrogen-bond donors (Lipinski definition) is 3. The van der Waals surface area contributed by atoms with Crippen molar-refractivity contribution in [2.45, 2.75) is 44.2 Å². The third kappa shape index (κ3) is 7.06. The van der Waals surface area contributed by atoms with Crippen molar-refractivity contribution in [3.05, 3.63) is 59.9 Å². The minimum atomic E-state index is -0.497. The maximum Gasteiger partial charge on any atom is 0.271 e. The molecular formula is C36H43N11O4. The fraction of sp³-hybridized carbons (Fsp3) is 0.417. The molecule has 3 aromatic heterocycles. The predicted octanol–water partition coefficient (Wildman–Crippen LogP) is 1.92. The summed E-state index contributed by atoms with van der Waals surface area (Å²) in [6, 6.07) is 13.4. The summed E-state index contributed by atoms with van der Waals surface area (Å²) in [6.07, 6.45) is 5.75. The summed E-state index contributed by atoms with van der Waals surface area (Å²) >= 11 is 0. The molecule has 1 unspecified atom stereocenters. The van der Waals surface area contributed by atoms with Gasteiger partial charge in [0.05, 0.1) is 29.0 Å². The highest BCUT2D eigenvalue weighted by Gasteiger charge is 2.32. The van der Waals surface area contributed by atoms with Crippen LogP contribution in [-0.2, 0) is 20.8 Å². The van der Waals surface area contributed by atoms with Crippen molar-refractivity contribution < 1.29 is 19.2 Å². The molecule has 266 valence electrons. The number of aromatic nitrogens is 4. The van der Waals surface area contributed by atoms with E-state index in [0.717, 1.165) is 86.8 Å². The average Bonchev–Trinajstić information content (AvgIpc) is 3.86. The van der Waals surface area contributed by atoms with Crippen LogP contribution in [0.25, 0.3) is 17.0 Å². The van der Waals surface area contributed by atoms with Crippen molar-refractivity contribution in [3.63, 3.8) is 0 Å². The van der Waals surface area contributed by atoms with Crippen molar-refractivity contribution in [1.82, 2.24) is 35.1 Å². The molecule has 1 saturated carbocycles. The van der Waals surface area contributed by atoms with Gasteiger partial charge in [0.15, 0.2) is 11.3 Å². The second-order valence-electron chi connectivity index (χ2n) is 13.4. The van der Waals surface area contributed by atoms with Crippen LogP contribution in [0.5, 0.6) is 0 Å². The van der Waals surface area contributed by atoms with Crippen LogP contribution in [-0.4, -0.2) is 115 Å². The molecule has 51 heavy (non-hydrogen) atoms. The molecule has 2 aliphatic heterocycles. The van der Waals surface area contributed by atoms with Gasteiger partial charge in [0.1, 0.15) is 17.6 Å². The number of pyridine rings is 1. The number of rotatable bonds is 12. The van der Waals surface area contributed by atoms with E-state index in [1.807, 2.05) is 61.5 Å². The van der Waals surface area contributed by atoms with Gasteiger partial charge in [-0.25, -0.2) is 14.5 Å². The SMILES string of the molecule is CNc1cc(-c2cccc(N3CCN(CCc4cccc(N(C)C5CCC(=O)NC5=O)c4N(C)C=O)CC3)n2)nn2c(C(=O)NC3CC3)cnc12.